The zero-order valence-electron chi connectivity index (χ0n) is 10.9. The van der Waals surface area contributed by atoms with E-state index in [1.807, 2.05) is 16.8 Å². The van der Waals surface area contributed by atoms with E-state index in [1.54, 1.807) is 36.6 Å². The predicted molar refractivity (Wildman–Crippen MR) is 85.0 cm³/mol. The number of hydrogen-bond donors (Lipinski definition) is 1. The molecule has 0 aliphatic rings. The van der Waals surface area contributed by atoms with Gasteiger partial charge in [0.25, 0.3) is 0 Å². The first-order valence-electron chi connectivity index (χ1n) is 5.91. The topological polar surface area (TPSA) is 63.4 Å². The molecule has 0 fully saturated rings. The van der Waals surface area contributed by atoms with Crippen molar-refractivity contribution in [1.29, 1.82) is 0 Å². The molecule has 2 aromatic rings. The van der Waals surface area contributed by atoms with E-state index in [9.17, 15) is 8.42 Å². The molecular formula is C13H15BrN2O2S2. The lowest BCUT2D eigenvalue weighted by Crippen LogP contribution is -2.26. The summed E-state index contributed by atoms with van der Waals surface area (Å²) in [5.41, 5.74) is 7.42. The Morgan fingerprint density at radius 3 is 2.60 bits per heavy atom. The third-order valence-corrected chi connectivity index (χ3v) is 6.42. The van der Waals surface area contributed by atoms with Gasteiger partial charge in [-0.25, -0.2) is 8.42 Å². The smallest absolute Gasteiger partial charge is 0.244 e. The Bertz CT molecular complexity index is 684. The molecule has 0 aliphatic heterocycles. The van der Waals surface area contributed by atoms with Crippen molar-refractivity contribution in [2.75, 3.05) is 7.05 Å². The number of hydrogen-bond acceptors (Lipinski definition) is 4. The predicted octanol–water partition coefficient (Wildman–Crippen LogP) is 2.79. The van der Waals surface area contributed by atoms with Crippen molar-refractivity contribution in [3.63, 3.8) is 0 Å². The average molecular weight is 375 g/mol. The van der Waals surface area contributed by atoms with Gasteiger partial charge in [0, 0.05) is 24.6 Å². The van der Waals surface area contributed by atoms with Crippen LogP contribution in [0, 0.1) is 0 Å². The third kappa shape index (κ3) is 3.29. The van der Waals surface area contributed by atoms with Crippen molar-refractivity contribution in [2.45, 2.75) is 18.0 Å². The Labute approximate surface area is 131 Å². The highest BCUT2D eigenvalue weighted by atomic mass is 79.9. The molecule has 7 heteroatoms. The molecule has 0 radical (unpaired) electrons. The van der Waals surface area contributed by atoms with E-state index in [0.29, 0.717) is 17.6 Å². The van der Waals surface area contributed by atoms with Gasteiger partial charge in [-0.3, -0.25) is 0 Å². The molecule has 0 amide bonds. The van der Waals surface area contributed by atoms with Gasteiger partial charge in [0.1, 0.15) is 0 Å². The second kappa shape index (κ2) is 6.36. The largest absolute Gasteiger partial charge is 0.326 e. The summed E-state index contributed by atoms with van der Waals surface area (Å²) in [5.74, 6) is 0. The van der Waals surface area contributed by atoms with Crippen LogP contribution in [0.2, 0.25) is 0 Å². The first-order chi connectivity index (χ1) is 9.45. The second-order valence-electron chi connectivity index (χ2n) is 4.36. The molecule has 1 aromatic carbocycles. The van der Waals surface area contributed by atoms with Gasteiger partial charge in [0.2, 0.25) is 10.0 Å². The molecule has 0 spiro atoms. The van der Waals surface area contributed by atoms with Crippen molar-refractivity contribution in [2.24, 2.45) is 5.73 Å². The highest BCUT2D eigenvalue weighted by molar-refractivity contribution is 9.10. The van der Waals surface area contributed by atoms with Crippen molar-refractivity contribution in [1.82, 2.24) is 4.31 Å². The van der Waals surface area contributed by atoms with E-state index in [1.165, 1.54) is 4.31 Å². The van der Waals surface area contributed by atoms with Gasteiger partial charge in [-0.05, 0) is 56.0 Å². The van der Waals surface area contributed by atoms with E-state index in [0.717, 1.165) is 11.1 Å². The maximum Gasteiger partial charge on any atom is 0.244 e. The van der Waals surface area contributed by atoms with Gasteiger partial charge >= 0.3 is 0 Å². The molecule has 1 heterocycles. The molecule has 0 saturated carbocycles. The van der Waals surface area contributed by atoms with Crippen LogP contribution in [0.25, 0.3) is 0 Å². The lowest BCUT2D eigenvalue weighted by Gasteiger charge is -2.18. The fourth-order valence-corrected chi connectivity index (χ4v) is 4.67. The normalized spacial score (nSPS) is 12.0. The monoisotopic (exact) mass is 374 g/mol. The van der Waals surface area contributed by atoms with Crippen LogP contribution in [0.3, 0.4) is 0 Å². The van der Waals surface area contributed by atoms with Gasteiger partial charge in [-0.1, -0.05) is 6.07 Å². The fraction of sp³-hybridized carbons (Fsp3) is 0.231. The van der Waals surface area contributed by atoms with Crippen molar-refractivity contribution in [3.05, 3.63) is 50.6 Å². The van der Waals surface area contributed by atoms with Crippen LogP contribution in [-0.4, -0.2) is 19.8 Å². The van der Waals surface area contributed by atoms with E-state index >= 15 is 0 Å². The number of sulfonamides is 1. The first-order valence-corrected chi connectivity index (χ1v) is 9.08. The lowest BCUT2D eigenvalue weighted by atomic mass is 10.2. The van der Waals surface area contributed by atoms with Crippen LogP contribution >= 0.6 is 27.3 Å². The molecule has 108 valence electrons. The molecular weight excluding hydrogens is 360 g/mol. The van der Waals surface area contributed by atoms with E-state index in [2.05, 4.69) is 15.9 Å². The molecule has 4 nitrogen and oxygen atoms in total. The summed E-state index contributed by atoms with van der Waals surface area (Å²) in [7, 11) is -1.94. The Kier molecular flexibility index (Phi) is 4.98. The Morgan fingerprint density at radius 2 is 2.05 bits per heavy atom. The van der Waals surface area contributed by atoms with Crippen LogP contribution in [-0.2, 0) is 23.1 Å². The SMILES string of the molecule is CN(Cc1ccsc1)S(=O)(=O)c1ccc(CN)cc1Br. The van der Waals surface area contributed by atoms with Crippen LogP contribution in [0.5, 0.6) is 0 Å². The number of thiophene rings is 1. The number of nitrogens with zero attached hydrogens (tertiary/aromatic N) is 1. The second-order valence-corrected chi connectivity index (χ2v) is 8.01. The summed E-state index contributed by atoms with van der Waals surface area (Å²) in [5, 5.41) is 3.88. The molecule has 2 rings (SSSR count). The summed E-state index contributed by atoms with van der Waals surface area (Å²) in [6.45, 7) is 0.737. The van der Waals surface area contributed by atoms with Crippen molar-refractivity contribution in [3.8, 4) is 0 Å². The van der Waals surface area contributed by atoms with Crippen LogP contribution in [0.15, 0.2) is 44.4 Å². The summed E-state index contributed by atoms with van der Waals surface area (Å²) in [6, 6.07) is 6.98. The maximum atomic E-state index is 12.5. The Hall–Kier alpha value is -0.730. The van der Waals surface area contributed by atoms with E-state index in [4.69, 9.17) is 5.73 Å². The average Bonchev–Trinajstić information content (AvgIpc) is 2.91. The highest BCUT2D eigenvalue weighted by Gasteiger charge is 2.23. The van der Waals surface area contributed by atoms with Crippen molar-refractivity contribution < 1.29 is 8.42 Å². The molecule has 0 bridgehead atoms. The van der Waals surface area contributed by atoms with Crippen LogP contribution in [0.1, 0.15) is 11.1 Å². The van der Waals surface area contributed by atoms with Crippen molar-refractivity contribution >= 4 is 37.3 Å². The van der Waals surface area contributed by atoms with Crippen LogP contribution < -0.4 is 5.73 Å². The third-order valence-electron chi connectivity index (χ3n) is 2.91. The minimum Gasteiger partial charge on any atom is -0.326 e. The quantitative estimate of drug-likeness (QED) is 0.874. The summed E-state index contributed by atoms with van der Waals surface area (Å²) in [6.07, 6.45) is 0. The van der Waals surface area contributed by atoms with E-state index in [-0.39, 0.29) is 4.90 Å². The number of rotatable bonds is 5. The maximum absolute atomic E-state index is 12.5. The first kappa shape index (κ1) is 15.7. The van der Waals surface area contributed by atoms with Crippen LogP contribution in [0.4, 0.5) is 0 Å². The zero-order chi connectivity index (χ0) is 14.8. The molecule has 2 N–H and O–H groups in total. The Morgan fingerprint density at radius 1 is 1.30 bits per heavy atom. The Balaban J connectivity index is 2.30. The lowest BCUT2D eigenvalue weighted by molar-refractivity contribution is 0.467. The standard InChI is InChI=1S/C13H15BrN2O2S2/c1-16(8-11-4-5-19-9-11)20(17,18)13-3-2-10(7-15)6-12(13)14/h2-6,9H,7-8,15H2,1H3. The molecule has 20 heavy (non-hydrogen) atoms. The van der Waals surface area contributed by atoms with Gasteiger partial charge in [-0.15, -0.1) is 0 Å². The molecule has 0 aliphatic carbocycles. The number of nitrogens with two attached hydrogens (primary N) is 1. The molecule has 1 aromatic heterocycles. The minimum atomic E-state index is -3.52. The zero-order valence-corrected chi connectivity index (χ0v) is 14.1. The summed E-state index contributed by atoms with van der Waals surface area (Å²) < 4.78 is 27.0. The van der Waals surface area contributed by atoms with Gasteiger partial charge in [0.15, 0.2) is 0 Å². The minimum absolute atomic E-state index is 0.257. The summed E-state index contributed by atoms with van der Waals surface area (Å²) >= 11 is 4.86. The van der Waals surface area contributed by atoms with Gasteiger partial charge in [0.05, 0.1) is 4.90 Å². The molecule has 0 atom stereocenters. The van der Waals surface area contributed by atoms with E-state index < -0.39 is 10.0 Å². The summed E-state index contributed by atoms with van der Waals surface area (Å²) in [4.78, 5) is 0.257. The van der Waals surface area contributed by atoms with Gasteiger partial charge < -0.3 is 5.73 Å². The molecule has 0 unspecified atom stereocenters. The number of benzene rings is 1. The highest BCUT2D eigenvalue weighted by Crippen LogP contribution is 2.26. The number of halogens is 1. The molecule has 0 saturated heterocycles. The van der Waals surface area contributed by atoms with Gasteiger partial charge in [-0.2, -0.15) is 15.6 Å². The fourth-order valence-electron chi connectivity index (χ4n) is 1.77.